The summed E-state index contributed by atoms with van der Waals surface area (Å²) in [6.07, 6.45) is 0.618. The van der Waals surface area contributed by atoms with Crippen molar-refractivity contribution in [2.75, 3.05) is 25.5 Å². The molecule has 0 bridgehead atoms. The van der Waals surface area contributed by atoms with Crippen molar-refractivity contribution in [1.29, 1.82) is 0 Å². The van der Waals surface area contributed by atoms with E-state index >= 15 is 0 Å². The van der Waals surface area contributed by atoms with Gasteiger partial charge in [-0.15, -0.1) is 0 Å². The minimum atomic E-state index is -0.519. The second kappa shape index (κ2) is 8.34. The van der Waals surface area contributed by atoms with Gasteiger partial charge in [-0.1, -0.05) is 12.1 Å². The SMILES string of the molecule is CCN(Cc1ccc(N(C)C)cc1)C(=O)CCc1nc2c([nH]1)c(=O)[nH]c(=O)n2C. The van der Waals surface area contributed by atoms with E-state index < -0.39 is 11.2 Å². The molecular formula is C20H26N6O3. The predicted octanol–water partition coefficient (Wildman–Crippen LogP) is 0.997. The predicted molar refractivity (Wildman–Crippen MR) is 112 cm³/mol. The second-order valence-corrected chi connectivity index (χ2v) is 7.17. The summed E-state index contributed by atoms with van der Waals surface area (Å²) >= 11 is 0. The van der Waals surface area contributed by atoms with Crippen LogP contribution in [0.3, 0.4) is 0 Å². The van der Waals surface area contributed by atoms with Crippen molar-refractivity contribution in [2.45, 2.75) is 26.3 Å². The molecule has 9 nitrogen and oxygen atoms in total. The number of imidazole rings is 1. The van der Waals surface area contributed by atoms with Crippen molar-refractivity contribution in [1.82, 2.24) is 24.4 Å². The Kier molecular flexibility index (Phi) is 5.86. The number of hydrogen-bond donors (Lipinski definition) is 2. The number of hydrogen-bond acceptors (Lipinski definition) is 5. The van der Waals surface area contributed by atoms with Crippen LogP contribution in [-0.2, 0) is 24.8 Å². The van der Waals surface area contributed by atoms with Gasteiger partial charge in [-0.25, -0.2) is 9.78 Å². The Bertz CT molecular complexity index is 1120. The van der Waals surface area contributed by atoms with Crippen LogP contribution in [0.1, 0.15) is 24.7 Å². The molecule has 154 valence electrons. The number of aryl methyl sites for hydroxylation is 2. The average Bonchev–Trinajstić information content (AvgIpc) is 3.14. The van der Waals surface area contributed by atoms with Crippen LogP contribution in [0.15, 0.2) is 33.9 Å². The average molecular weight is 398 g/mol. The van der Waals surface area contributed by atoms with E-state index in [2.05, 4.69) is 15.0 Å². The van der Waals surface area contributed by atoms with Gasteiger partial charge in [0.05, 0.1) is 0 Å². The fourth-order valence-electron chi connectivity index (χ4n) is 3.15. The van der Waals surface area contributed by atoms with Gasteiger partial charge in [-0.2, -0.15) is 0 Å². The number of rotatable bonds is 7. The minimum Gasteiger partial charge on any atom is -0.378 e. The largest absolute Gasteiger partial charge is 0.378 e. The Morgan fingerprint density at radius 3 is 2.45 bits per heavy atom. The van der Waals surface area contributed by atoms with E-state index in [9.17, 15) is 14.4 Å². The van der Waals surface area contributed by atoms with Crippen LogP contribution in [0, 0.1) is 0 Å². The Labute approximate surface area is 168 Å². The summed E-state index contributed by atoms with van der Waals surface area (Å²) in [5.41, 5.74) is 1.67. The third kappa shape index (κ3) is 4.39. The van der Waals surface area contributed by atoms with Crippen molar-refractivity contribution in [3.63, 3.8) is 0 Å². The molecular weight excluding hydrogens is 372 g/mol. The summed E-state index contributed by atoms with van der Waals surface area (Å²) in [7, 11) is 5.51. The van der Waals surface area contributed by atoms with Gasteiger partial charge < -0.3 is 14.8 Å². The van der Waals surface area contributed by atoms with Crippen molar-refractivity contribution in [3.8, 4) is 0 Å². The number of carbonyl (C=O) groups excluding carboxylic acids is 1. The van der Waals surface area contributed by atoms with E-state index in [0.29, 0.717) is 25.3 Å². The maximum absolute atomic E-state index is 12.7. The first-order chi connectivity index (χ1) is 13.8. The molecule has 3 rings (SSSR count). The number of aromatic amines is 2. The highest BCUT2D eigenvalue weighted by molar-refractivity contribution is 5.76. The number of nitrogens with one attached hydrogen (secondary N) is 2. The smallest absolute Gasteiger partial charge is 0.329 e. The van der Waals surface area contributed by atoms with E-state index in [1.807, 2.05) is 50.2 Å². The Morgan fingerprint density at radius 1 is 1.14 bits per heavy atom. The van der Waals surface area contributed by atoms with E-state index in [4.69, 9.17) is 0 Å². The quantitative estimate of drug-likeness (QED) is 0.617. The molecule has 29 heavy (non-hydrogen) atoms. The van der Waals surface area contributed by atoms with E-state index in [1.54, 1.807) is 4.90 Å². The molecule has 1 amide bonds. The van der Waals surface area contributed by atoms with Crippen LogP contribution in [0.25, 0.3) is 11.2 Å². The summed E-state index contributed by atoms with van der Waals surface area (Å²) in [5, 5.41) is 0. The lowest BCUT2D eigenvalue weighted by atomic mass is 10.1. The maximum Gasteiger partial charge on any atom is 0.329 e. The number of aromatic nitrogens is 4. The molecule has 2 N–H and O–H groups in total. The van der Waals surface area contributed by atoms with Crippen LogP contribution in [-0.4, -0.2) is 51.0 Å². The van der Waals surface area contributed by atoms with Crippen LogP contribution >= 0.6 is 0 Å². The summed E-state index contributed by atoms with van der Waals surface area (Å²) < 4.78 is 1.27. The molecule has 0 aliphatic rings. The molecule has 0 saturated heterocycles. The van der Waals surface area contributed by atoms with Crippen molar-refractivity contribution in [2.24, 2.45) is 7.05 Å². The zero-order valence-electron chi connectivity index (χ0n) is 17.2. The van der Waals surface area contributed by atoms with Gasteiger partial charge in [0.1, 0.15) is 11.3 Å². The number of fused-ring (bicyclic) bond motifs is 1. The molecule has 0 spiro atoms. The van der Waals surface area contributed by atoms with Gasteiger partial charge in [0, 0.05) is 52.8 Å². The Balaban J connectivity index is 1.68. The van der Waals surface area contributed by atoms with Crippen LogP contribution in [0.2, 0.25) is 0 Å². The lowest BCUT2D eigenvalue weighted by molar-refractivity contribution is -0.131. The molecule has 9 heteroatoms. The lowest BCUT2D eigenvalue weighted by Crippen LogP contribution is -2.30. The van der Waals surface area contributed by atoms with Crippen LogP contribution < -0.4 is 16.1 Å². The van der Waals surface area contributed by atoms with Gasteiger partial charge in [0.15, 0.2) is 5.65 Å². The Hall–Kier alpha value is -3.36. The highest BCUT2D eigenvalue weighted by Gasteiger charge is 2.15. The monoisotopic (exact) mass is 398 g/mol. The van der Waals surface area contributed by atoms with Gasteiger partial charge in [0.25, 0.3) is 5.56 Å². The summed E-state index contributed by atoms with van der Waals surface area (Å²) in [6.45, 7) is 3.09. The first kappa shape index (κ1) is 20.4. The third-order valence-electron chi connectivity index (χ3n) is 4.94. The first-order valence-electron chi connectivity index (χ1n) is 9.52. The van der Waals surface area contributed by atoms with E-state index in [-0.39, 0.29) is 23.5 Å². The first-order valence-corrected chi connectivity index (χ1v) is 9.52. The standard InChI is InChI=1S/C20H26N6O3/c1-5-26(12-13-6-8-14(9-7-13)24(2)3)16(27)11-10-15-21-17-18(22-15)25(4)20(29)23-19(17)28/h6-9H,5,10-12H2,1-4H3,(H,21,22)(H,23,28,29). The maximum atomic E-state index is 12.7. The molecule has 2 aromatic heterocycles. The molecule has 0 atom stereocenters. The number of nitrogens with zero attached hydrogens (tertiary/aromatic N) is 4. The van der Waals surface area contributed by atoms with Gasteiger partial charge in [-0.05, 0) is 24.6 Å². The van der Waals surface area contributed by atoms with E-state index in [0.717, 1.165) is 11.3 Å². The number of amides is 1. The van der Waals surface area contributed by atoms with Crippen molar-refractivity contribution >= 4 is 22.8 Å². The van der Waals surface area contributed by atoms with Gasteiger partial charge >= 0.3 is 5.69 Å². The summed E-state index contributed by atoms with van der Waals surface area (Å²) in [5.74, 6) is 0.513. The minimum absolute atomic E-state index is 0.00689. The fourth-order valence-corrected chi connectivity index (χ4v) is 3.15. The molecule has 2 heterocycles. The van der Waals surface area contributed by atoms with Gasteiger partial charge in [-0.3, -0.25) is 19.1 Å². The van der Waals surface area contributed by atoms with Gasteiger partial charge in [0.2, 0.25) is 5.91 Å². The summed E-state index contributed by atoms with van der Waals surface area (Å²) in [4.78, 5) is 49.5. The third-order valence-corrected chi connectivity index (χ3v) is 4.94. The van der Waals surface area contributed by atoms with Crippen molar-refractivity contribution in [3.05, 3.63) is 56.5 Å². The fraction of sp³-hybridized carbons (Fsp3) is 0.400. The normalized spacial score (nSPS) is 11.0. The molecule has 0 fully saturated rings. The van der Waals surface area contributed by atoms with Crippen LogP contribution in [0.5, 0.6) is 0 Å². The second-order valence-electron chi connectivity index (χ2n) is 7.17. The zero-order valence-corrected chi connectivity index (χ0v) is 17.2. The molecule has 0 saturated carbocycles. The highest BCUT2D eigenvalue weighted by atomic mass is 16.2. The molecule has 0 radical (unpaired) electrons. The highest BCUT2D eigenvalue weighted by Crippen LogP contribution is 2.15. The number of H-pyrrole nitrogens is 2. The number of carbonyl (C=O) groups is 1. The molecule has 1 aromatic carbocycles. The molecule has 3 aromatic rings. The van der Waals surface area contributed by atoms with Crippen molar-refractivity contribution < 1.29 is 4.79 Å². The lowest BCUT2D eigenvalue weighted by Gasteiger charge is -2.21. The van der Waals surface area contributed by atoms with Crippen LogP contribution in [0.4, 0.5) is 5.69 Å². The Morgan fingerprint density at radius 2 is 1.83 bits per heavy atom. The number of anilines is 1. The molecule has 0 unspecified atom stereocenters. The topological polar surface area (TPSA) is 107 Å². The van der Waals surface area contributed by atoms with E-state index in [1.165, 1.54) is 11.6 Å². The summed E-state index contributed by atoms with van der Waals surface area (Å²) in [6, 6.07) is 8.11. The molecule has 0 aliphatic carbocycles. The molecule has 0 aliphatic heterocycles. The number of benzene rings is 1. The zero-order chi connectivity index (χ0) is 21.1.